The third kappa shape index (κ3) is 4.69. The molecule has 1 N–H and O–H groups in total. The molecule has 0 bridgehead atoms. The number of hydrogen-bond donors (Lipinski definition) is 1. The Labute approximate surface area is 102 Å². The van der Waals surface area contributed by atoms with Crippen LogP contribution in [0.25, 0.3) is 0 Å². The molecule has 0 aromatic heterocycles. The fourth-order valence-corrected chi connectivity index (χ4v) is 1.61. The third-order valence-electron chi connectivity index (χ3n) is 2.66. The number of carbonyl (C=O) groups is 1. The van der Waals surface area contributed by atoms with Crippen LogP contribution in [0.2, 0.25) is 0 Å². The summed E-state index contributed by atoms with van der Waals surface area (Å²) in [5.41, 5.74) is 1.27. The highest BCUT2D eigenvalue weighted by Crippen LogP contribution is 2.03. The smallest absolute Gasteiger partial charge is 0.237 e. The molecule has 0 spiro atoms. The van der Waals surface area contributed by atoms with Crippen LogP contribution in [0.15, 0.2) is 30.3 Å². The molecule has 0 aliphatic carbocycles. The maximum absolute atomic E-state index is 11.5. The van der Waals surface area contributed by atoms with Gasteiger partial charge in [0, 0.05) is 6.54 Å². The van der Waals surface area contributed by atoms with Crippen LogP contribution in [-0.4, -0.2) is 12.5 Å². The lowest BCUT2D eigenvalue weighted by molar-refractivity contribution is -0.123. The van der Waals surface area contributed by atoms with Crippen molar-refractivity contribution in [2.45, 2.75) is 26.2 Å². The van der Waals surface area contributed by atoms with E-state index in [9.17, 15) is 4.79 Å². The average molecular weight is 230 g/mol. The number of carbonyl (C=O) groups excluding carboxylic acids is 1. The van der Waals surface area contributed by atoms with Gasteiger partial charge in [-0.15, -0.1) is 0 Å². The SMILES string of the molecule is CCC(C#N)C(=O)NCCCc1ccccc1. The maximum Gasteiger partial charge on any atom is 0.237 e. The zero-order chi connectivity index (χ0) is 12.5. The van der Waals surface area contributed by atoms with E-state index < -0.39 is 5.92 Å². The van der Waals surface area contributed by atoms with Crippen LogP contribution in [-0.2, 0) is 11.2 Å². The Kier molecular flexibility index (Phi) is 5.81. The summed E-state index contributed by atoms with van der Waals surface area (Å²) in [7, 11) is 0. The first-order valence-electron chi connectivity index (χ1n) is 5.99. The van der Waals surface area contributed by atoms with Crippen LogP contribution in [0.3, 0.4) is 0 Å². The largest absolute Gasteiger partial charge is 0.355 e. The van der Waals surface area contributed by atoms with Crippen LogP contribution in [0.5, 0.6) is 0 Å². The molecule has 1 amide bonds. The quantitative estimate of drug-likeness (QED) is 0.762. The van der Waals surface area contributed by atoms with Crippen molar-refractivity contribution < 1.29 is 4.79 Å². The van der Waals surface area contributed by atoms with Crippen molar-refractivity contribution >= 4 is 5.91 Å². The molecule has 90 valence electrons. The molecular weight excluding hydrogens is 212 g/mol. The summed E-state index contributed by atoms with van der Waals surface area (Å²) in [6, 6.07) is 12.2. The molecule has 0 aliphatic heterocycles. The number of hydrogen-bond acceptors (Lipinski definition) is 2. The molecule has 0 aliphatic rings. The van der Waals surface area contributed by atoms with Crippen LogP contribution < -0.4 is 5.32 Å². The van der Waals surface area contributed by atoms with Gasteiger partial charge in [-0.25, -0.2) is 0 Å². The Balaban J connectivity index is 2.21. The molecular formula is C14H18N2O. The molecule has 0 heterocycles. The van der Waals surface area contributed by atoms with E-state index in [0.717, 1.165) is 12.8 Å². The van der Waals surface area contributed by atoms with Gasteiger partial charge in [0.15, 0.2) is 0 Å². The highest BCUT2D eigenvalue weighted by Gasteiger charge is 2.13. The van der Waals surface area contributed by atoms with Crippen molar-refractivity contribution in [1.82, 2.24) is 5.32 Å². The van der Waals surface area contributed by atoms with E-state index in [0.29, 0.717) is 13.0 Å². The molecule has 0 fully saturated rings. The Morgan fingerprint density at radius 1 is 1.41 bits per heavy atom. The molecule has 3 nitrogen and oxygen atoms in total. The molecule has 1 atom stereocenters. The molecule has 3 heteroatoms. The zero-order valence-corrected chi connectivity index (χ0v) is 10.1. The lowest BCUT2D eigenvalue weighted by atomic mass is 10.1. The van der Waals surface area contributed by atoms with Gasteiger partial charge in [-0.2, -0.15) is 5.26 Å². The van der Waals surface area contributed by atoms with Gasteiger partial charge in [-0.3, -0.25) is 4.79 Å². The van der Waals surface area contributed by atoms with Gasteiger partial charge in [-0.05, 0) is 24.8 Å². The lowest BCUT2D eigenvalue weighted by Crippen LogP contribution is -2.30. The van der Waals surface area contributed by atoms with Crippen molar-refractivity contribution in [2.75, 3.05) is 6.54 Å². The van der Waals surface area contributed by atoms with Crippen molar-refractivity contribution in [3.8, 4) is 6.07 Å². The number of nitrogens with one attached hydrogen (secondary N) is 1. The molecule has 0 saturated heterocycles. The van der Waals surface area contributed by atoms with E-state index >= 15 is 0 Å². The molecule has 1 unspecified atom stereocenters. The monoisotopic (exact) mass is 230 g/mol. The number of rotatable bonds is 6. The fourth-order valence-electron chi connectivity index (χ4n) is 1.61. The summed E-state index contributed by atoms with van der Waals surface area (Å²) in [5, 5.41) is 11.5. The topological polar surface area (TPSA) is 52.9 Å². The Morgan fingerprint density at radius 3 is 2.71 bits per heavy atom. The van der Waals surface area contributed by atoms with Crippen LogP contribution in [0.1, 0.15) is 25.3 Å². The number of nitrogens with zero attached hydrogens (tertiary/aromatic N) is 1. The first kappa shape index (κ1) is 13.2. The van der Waals surface area contributed by atoms with E-state index in [-0.39, 0.29) is 5.91 Å². The van der Waals surface area contributed by atoms with E-state index in [1.807, 2.05) is 31.2 Å². The molecule has 1 aromatic rings. The van der Waals surface area contributed by atoms with Gasteiger partial charge in [0.05, 0.1) is 6.07 Å². The summed E-state index contributed by atoms with van der Waals surface area (Å²) in [6.07, 6.45) is 2.42. The van der Waals surface area contributed by atoms with Crippen LogP contribution in [0.4, 0.5) is 0 Å². The van der Waals surface area contributed by atoms with Gasteiger partial charge < -0.3 is 5.32 Å². The molecule has 0 saturated carbocycles. The van der Waals surface area contributed by atoms with Gasteiger partial charge >= 0.3 is 0 Å². The fraction of sp³-hybridized carbons (Fsp3) is 0.429. The van der Waals surface area contributed by atoms with E-state index in [4.69, 9.17) is 5.26 Å². The van der Waals surface area contributed by atoms with E-state index in [2.05, 4.69) is 17.4 Å². The van der Waals surface area contributed by atoms with E-state index in [1.165, 1.54) is 5.56 Å². The molecule has 1 rings (SSSR count). The van der Waals surface area contributed by atoms with Crippen molar-refractivity contribution in [3.05, 3.63) is 35.9 Å². The summed E-state index contributed by atoms with van der Waals surface area (Å²) < 4.78 is 0. The highest BCUT2D eigenvalue weighted by molar-refractivity contribution is 5.80. The summed E-state index contributed by atoms with van der Waals surface area (Å²) >= 11 is 0. The second kappa shape index (κ2) is 7.45. The minimum atomic E-state index is -0.508. The predicted molar refractivity (Wildman–Crippen MR) is 67.2 cm³/mol. The van der Waals surface area contributed by atoms with Gasteiger partial charge in [-0.1, -0.05) is 37.3 Å². The Morgan fingerprint density at radius 2 is 2.12 bits per heavy atom. The normalized spacial score (nSPS) is 11.5. The van der Waals surface area contributed by atoms with Crippen LogP contribution in [0, 0.1) is 17.2 Å². The zero-order valence-electron chi connectivity index (χ0n) is 10.1. The molecule has 0 radical (unpaired) electrons. The molecule has 1 aromatic carbocycles. The maximum atomic E-state index is 11.5. The standard InChI is InChI=1S/C14H18N2O/c1-2-13(11-15)14(17)16-10-6-9-12-7-4-3-5-8-12/h3-5,7-8,13H,2,6,9-10H2,1H3,(H,16,17). The second-order valence-electron chi connectivity index (χ2n) is 3.97. The van der Waals surface area contributed by atoms with Gasteiger partial charge in [0.2, 0.25) is 5.91 Å². The molecule has 17 heavy (non-hydrogen) atoms. The summed E-state index contributed by atoms with van der Waals surface area (Å²) in [5.74, 6) is -0.658. The second-order valence-corrected chi connectivity index (χ2v) is 3.97. The predicted octanol–water partition coefficient (Wildman–Crippen LogP) is 2.29. The number of benzene rings is 1. The van der Waals surface area contributed by atoms with Crippen LogP contribution >= 0.6 is 0 Å². The van der Waals surface area contributed by atoms with E-state index in [1.54, 1.807) is 0 Å². The van der Waals surface area contributed by atoms with Gasteiger partial charge in [0.25, 0.3) is 0 Å². The third-order valence-corrected chi connectivity index (χ3v) is 2.66. The highest BCUT2D eigenvalue weighted by atomic mass is 16.1. The van der Waals surface area contributed by atoms with Crippen molar-refractivity contribution in [3.63, 3.8) is 0 Å². The minimum Gasteiger partial charge on any atom is -0.355 e. The first-order chi connectivity index (χ1) is 8.27. The minimum absolute atomic E-state index is 0.150. The Bertz CT molecular complexity index is 381. The first-order valence-corrected chi connectivity index (χ1v) is 5.99. The van der Waals surface area contributed by atoms with Crippen molar-refractivity contribution in [1.29, 1.82) is 5.26 Å². The average Bonchev–Trinajstić information content (AvgIpc) is 2.37. The number of amides is 1. The lowest BCUT2D eigenvalue weighted by Gasteiger charge is -2.07. The summed E-state index contributed by atoms with van der Waals surface area (Å²) in [4.78, 5) is 11.5. The summed E-state index contributed by atoms with van der Waals surface area (Å²) in [6.45, 7) is 2.48. The van der Waals surface area contributed by atoms with Gasteiger partial charge in [0.1, 0.15) is 5.92 Å². The Hall–Kier alpha value is -1.82. The number of aryl methyl sites for hydroxylation is 1. The number of nitriles is 1. The van der Waals surface area contributed by atoms with Crippen molar-refractivity contribution in [2.24, 2.45) is 5.92 Å².